The lowest BCUT2D eigenvalue weighted by molar-refractivity contribution is -0.274. The van der Waals surface area contributed by atoms with E-state index < -0.39 is 6.36 Å². The van der Waals surface area contributed by atoms with Crippen LogP contribution in [-0.2, 0) is 6.42 Å². The predicted molar refractivity (Wildman–Crippen MR) is 110 cm³/mol. The fraction of sp³-hybridized carbons (Fsp3) is 0.238. The summed E-state index contributed by atoms with van der Waals surface area (Å²) in [4.78, 5) is 4.19. The molecule has 0 aliphatic heterocycles. The summed E-state index contributed by atoms with van der Waals surface area (Å²) in [5, 5.41) is 7.18. The van der Waals surface area contributed by atoms with Gasteiger partial charge >= 0.3 is 6.36 Å². The Balaban J connectivity index is 1.55. The van der Waals surface area contributed by atoms with Gasteiger partial charge in [0.05, 0.1) is 17.1 Å². The number of benzene rings is 2. The zero-order valence-corrected chi connectivity index (χ0v) is 16.4. The summed E-state index contributed by atoms with van der Waals surface area (Å²) in [5.74, 6) is -0.350. The third-order valence-electron chi connectivity index (χ3n) is 4.28. The number of nitrogens with one attached hydrogen (secondary N) is 1. The molecule has 3 N–H and O–H groups in total. The quantitative estimate of drug-likeness (QED) is 0.339. The van der Waals surface area contributed by atoms with Crippen LogP contribution in [0.15, 0.2) is 65.8 Å². The summed E-state index contributed by atoms with van der Waals surface area (Å²) in [6, 6.07) is 15.5. The summed E-state index contributed by atoms with van der Waals surface area (Å²) >= 11 is 0. The molecule has 0 saturated carbocycles. The van der Waals surface area contributed by atoms with Crippen molar-refractivity contribution >= 4 is 11.6 Å². The van der Waals surface area contributed by atoms with Gasteiger partial charge < -0.3 is 15.8 Å². The van der Waals surface area contributed by atoms with Gasteiger partial charge in [0, 0.05) is 12.7 Å². The molecule has 1 aromatic heterocycles. The summed E-state index contributed by atoms with van der Waals surface area (Å²) in [7, 11) is 0. The Morgan fingerprint density at radius 3 is 2.57 bits per heavy atom. The van der Waals surface area contributed by atoms with E-state index in [9.17, 15) is 13.2 Å². The summed E-state index contributed by atoms with van der Waals surface area (Å²) < 4.78 is 43.3. The molecule has 3 aromatic rings. The zero-order valence-electron chi connectivity index (χ0n) is 16.4. The van der Waals surface area contributed by atoms with Crippen LogP contribution in [0.4, 0.5) is 18.9 Å². The number of para-hydroxylation sites is 3. The van der Waals surface area contributed by atoms with E-state index in [4.69, 9.17) is 5.73 Å². The number of aliphatic imine (C=N–C) groups is 1. The highest BCUT2D eigenvalue weighted by Crippen LogP contribution is 2.29. The second-order valence-corrected chi connectivity index (χ2v) is 6.56. The number of nitrogens with zero attached hydrogens (tertiary/aromatic N) is 3. The molecule has 0 atom stereocenters. The highest BCUT2D eigenvalue weighted by atomic mass is 19.4. The molecular weight excluding hydrogens is 395 g/mol. The second kappa shape index (κ2) is 9.34. The van der Waals surface area contributed by atoms with Gasteiger partial charge in [-0.1, -0.05) is 30.3 Å². The average Bonchev–Trinajstić information content (AvgIpc) is 3.07. The number of hydrogen-bond acceptors (Lipinski definition) is 3. The Morgan fingerprint density at radius 2 is 1.83 bits per heavy atom. The number of aryl methyl sites for hydroxylation is 2. The van der Waals surface area contributed by atoms with Crippen molar-refractivity contribution < 1.29 is 17.9 Å². The lowest BCUT2D eigenvalue weighted by atomic mass is 10.1. The van der Waals surface area contributed by atoms with Crippen LogP contribution in [0.2, 0.25) is 0 Å². The van der Waals surface area contributed by atoms with Gasteiger partial charge in [-0.2, -0.15) is 5.10 Å². The number of aromatic nitrogens is 2. The summed E-state index contributed by atoms with van der Waals surface area (Å²) in [6.45, 7) is 2.36. The van der Waals surface area contributed by atoms with E-state index in [0.29, 0.717) is 13.0 Å². The topological polar surface area (TPSA) is 77.5 Å². The Bertz CT molecular complexity index is 999. The smallest absolute Gasteiger partial charge is 0.404 e. The van der Waals surface area contributed by atoms with E-state index in [2.05, 4.69) is 20.1 Å². The molecule has 0 unspecified atom stereocenters. The molecule has 0 bridgehead atoms. The molecule has 3 rings (SSSR count). The van der Waals surface area contributed by atoms with Crippen molar-refractivity contribution in [1.82, 2.24) is 9.78 Å². The number of guanidine groups is 1. The van der Waals surface area contributed by atoms with Gasteiger partial charge in [-0.15, -0.1) is 13.2 Å². The van der Waals surface area contributed by atoms with Crippen molar-refractivity contribution in [3.05, 3.63) is 72.1 Å². The number of alkyl halides is 3. The Morgan fingerprint density at radius 1 is 1.13 bits per heavy atom. The van der Waals surface area contributed by atoms with Crippen LogP contribution in [0.25, 0.3) is 5.69 Å². The van der Waals surface area contributed by atoms with Crippen LogP contribution in [0, 0.1) is 6.92 Å². The van der Waals surface area contributed by atoms with Gasteiger partial charge in [-0.25, -0.2) is 4.68 Å². The van der Waals surface area contributed by atoms with Crippen LogP contribution < -0.4 is 15.8 Å². The molecule has 2 aromatic carbocycles. The fourth-order valence-electron chi connectivity index (χ4n) is 2.88. The lowest BCUT2D eigenvalue weighted by Gasteiger charge is -2.14. The Kier molecular flexibility index (Phi) is 6.61. The van der Waals surface area contributed by atoms with Crippen molar-refractivity contribution in [3.63, 3.8) is 0 Å². The number of hydrogen-bond donors (Lipinski definition) is 2. The van der Waals surface area contributed by atoms with Gasteiger partial charge in [-0.3, -0.25) is 4.99 Å². The first kappa shape index (κ1) is 21.2. The molecule has 6 nitrogen and oxygen atoms in total. The van der Waals surface area contributed by atoms with Crippen molar-refractivity contribution in [2.24, 2.45) is 10.7 Å². The highest BCUT2D eigenvalue weighted by molar-refractivity contribution is 5.93. The molecule has 158 valence electrons. The van der Waals surface area contributed by atoms with E-state index in [0.717, 1.165) is 23.4 Å². The number of ether oxygens (including phenoxy) is 1. The summed E-state index contributed by atoms with van der Waals surface area (Å²) in [6.07, 6.45) is -1.33. The van der Waals surface area contributed by atoms with E-state index in [1.807, 2.05) is 48.1 Å². The Hall–Kier alpha value is -3.49. The van der Waals surface area contributed by atoms with Gasteiger partial charge in [0.25, 0.3) is 0 Å². The van der Waals surface area contributed by atoms with E-state index in [1.54, 1.807) is 6.07 Å². The average molecular weight is 417 g/mol. The van der Waals surface area contributed by atoms with Crippen LogP contribution in [0.5, 0.6) is 5.75 Å². The molecule has 30 heavy (non-hydrogen) atoms. The van der Waals surface area contributed by atoms with Gasteiger partial charge in [0.15, 0.2) is 11.7 Å². The highest BCUT2D eigenvalue weighted by Gasteiger charge is 2.32. The predicted octanol–water partition coefficient (Wildman–Crippen LogP) is 4.44. The first-order valence-corrected chi connectivity index (χ1v) is 9.34. The first-order valence-electron chi connectivity index (χ1n) is 9.34. The monoisotopic (exact) mass is 417 g/mol. The lowest BCUT2D eigenvalue weighted by Crippen LogP contribution is -2.24. The van der Waals surface area contributed by atoms with Crippen LogP contribution in [0.3, 0.4) is 0 Å². The zero-order chi connectivity index (χ0) is 21.6. The van der Waals surface area contributed by atoms with Crippen LogP contribution in [-0.4, -0.2) is 28.6 Å². The van der Waals surface area contributed by atoms with Gasteiger partial charge in [0.1, 0.15) is 0 Å². The minimum atomic E-state index is -4.79. The SMILES string of the molecule is Cc1nn(-c2ccccc2)cc1CCCN=C(N)Nc1ccccc1OC(F)(F)F. The second-order valence-electron chi connectivity index (χ2n) is 6.56. The van der Waals surface area contributed by atoms with Crippen LogP contribution >= 0.6 is 0 Å². The maximum Gasteiger partial charge on any atom is 0.573 e. The van der Waals surface area contributed by atoms with Crippen molar-refractivity contribution in [1.29, 1.82) is 0 Å². The van der Waals surface area contributed by atoms with Gasteiger partial charge in [0.2, 0.25) is 0 Å². The largest absolute Gasteiger partial charge is 0.573 e. The standard InChI is InChI=1S/C21H22F3N5O/c1-15-16(14-29(28-15)17-9-3-2-4-10-17)8-7-13-26-20(25)27-18-11-5-6-12-19(18)30-21(22,23)24/h2-6,9-12,14H,7-8,13H2,1H3,(H3,25,26,27). The number of halogens is 3. The molecule has 9 heteroatoms. The maximum absolute atomic E-state index is 12.5. The number of anilines is 1. The molecule has 1 heterocycles. The number of rotatable bonds is 7. The van der Waals surface area contributed by atoms with Crippen molar-refractivity contribution in [2.45, 2.75) is 26.1 Å². The molecule has 0 spiro atoms. The molecule has 0 saturated heterocycles. The molecule has 0 aliphatic rings. The van der Waals surface area contributed by atoms with Crippen molar-refractivity contribution in [3.8, 4) is 11.4 Å². The van der Waals surface area contributed by atoms with Gasteiger partial charge in [-0.05, 0) is 49.6 Å². The minimum absolute atomic E-state index is 0.0185. The van der Waals surface area contributed by atoms with E-state index >= 15 is 0 Å². The molecular formula is C21H22F3N5O. The van der Waals surface area contributed by atoms with Crippen molar-refractivity contribution in [2.75, 3.05) is 11.9 Å². The van der Waals surface area contributed by atoms with Crippen LogP contribution in [0.1, 0.15) is 17.7 Å². The third-order valence-corrected chi connectivity index (χ3v) is 4.28. The summed E-state index contributed by atoms with van der Waals surface area (Å²) in [5.41, 5.74) is 8.93. The fourth-order valence-corrected chi connectivity index (χ4v) is 2.88. The first-order chi connectivity index (χ1) is 14.3. The normalized spacial score (nSPS) is 12.1. The minimum Gasteiger partial charge on any atom is -0.404 e. The third kappa shape index (κ3) is 6.00. The molecule has 0 radical (unpaired) electrons. The molecule has 0 aliphatic carbocycles. The van der Waals surface area contributed by atoms with E-state index in [1.165, 1.54) is 18.2 Å². The number of nitrogens with two attached hydrogens (primary N) is 1. The maximum atomic E-state index is 12.5. The molecule has 0 fully saturated rings. The Labute approximate surface area is 172 Å². The van der Waals surface area contributed by atoms with E-state index in [-0.39, 0.29) is 17.4 Å². The molecule has 0 amide bonds.